The highest BCUT2D eigenvalue weighted by molar-refractivity contribution is 5.76. The van der Waals surface area contributed by atoms with Crippen molar-refractivity contribution in [1.29, 1.82) is 0 Å². The maximum Gasteiger partial charge on any atom is 0.222 e. The van der Waals surface area contributed by atoms with Gasteiger partial charge in [0.2, 0.25) is 5.91 Å². The van der Waals surface area contributed by atoms with Gasteiger partial charge in [-0.2, -0.15) is 0 Å². The molecule has 2 atom stereocenters. The molecule has 15 heavy (non-hydrogen) atoms. The highest BCUT2D eigenvalue weighted by Gasteiger charge is 2.27. The van der Waals surface area contributed by atoms with Crippen molar-refractivity contribution in [3.63, 3.8) is 0 Å². The van der Waals surface area contributed by atoms with Crippen molar-refractivity contribution in [3.05, 3.63) is 0 Å². The Kier molecular flexibility index (Phi) is 3.62. The lowest BCUT2D eigenvalue weighted by molar-refractivity contribution is -0.133. The normalized spacial score (nSPS) is 33.9. The van der Waals surface area contributed by atoms with Crippen LogP contribution >= 0.6 is 0 Å². The minimum Gasteiger partial charge on any atom is -0.338 e. The van der Waals surface area contributed by atoms with Crippen LogP contribution in [0.5, 0.6) is 0 Å². The molecule has 2 saturated heterocycles. The lowest BCUT2D eigenvalue weighted by Crippen LogP contribution is -2.48. The van der Waals surface area contributed by atoms with Crippen molar-refractivity contribution in [2.75, 3.05) is 19.6 Å². The van der Waals surface area contributed by atoms with E-state index in [1.54, 1.807) is 0 Å². The van der Waals surface area contributed by atoms with E-state index in [1.165, 1.54) is 19.3 Å². The van der Waals surface area contributed by atoms with Gasteiger partial charge in [-0.25, -0.2) is 0 Å². The molecule has 3 nitrogen and oxygen atoms in total. The van der Waals surface area contributed by atoms with Gasteiger partial charge in [0.1, 0.15) is 0 Å². The predicted octanol–water partition coefficient (Wildman–Crippen LogP) is 1.39. The van der Waals surface area contributed by atoms with Crippen LogP contribution in [0, 0.1) is 5.92 Å². The third-order valence-corrected chi connectivity index (χ3v) is 3.75. The Labute approximate surface area is 92.2 Å². The van der Waals surface area contributed by atoms with Crippen LogP contribution in [-0.4, -0.2) is 36.5 Å². The molecule has 0 radical (unpaired) electrons. The van der Waals surface area contributed by atoms with Crippen LogP contribution in [0.15, 0.2) is 0 Å². The van der Waals surface area contributed by atoms with Gasteiger partial charge in [0.25, 0.3) is 0 Å². The molecular weight excluding hydrogens is 188 g/mol. The van der Waals surface area contributed by atoms with Crippen LogP contribution in [0.2, 0.25) is 0 Å². The second kappa shape index (κ2) is 4.97. The number of nitrogens with one attached hydrogen (secondary N) is 1. The second-order valence-corrected chi connectivity index (χ2v) is 5.02. The molecule has 1 N–H and O–H groups in total. The van der Waals surface area contributed by atoms with E-state index in [0.717, 1.165) is 38.4 Å². The van der Waals surface area contributed by atoms with Crippen LogP contribution in [0.25, 0.3) is 0 Å². The Balaban J connectivity index is 1.96. The van der Waals surface area contributed by atoms with Crippen molar-refractivity contribution in [2.45, 2.75) is 45.1 Å². The number of carbonyl (C=O) groups is 1. The summed E-state index contributed by atoms with van der Waals surface area (Å²) >= 11 is 0. The summed E-state index contributed by atoms with van der Waals surface area (Å²) in [6, 6.07) is 0.469. The SMILES string of the molecule is CC1CCC(=O)N(C2CCCNC2)CC1. The summed E-state index contributed by atoms with van der Waals surface area (Å²) in [4.78, 5) is 14.1. The van der Waals surface area contributed by atoms with Crippen molar-refractivity contribution in [1.82, 2.24) is 10.2 Å². The third kappa shape index (κ3) is 2.71. The van der Waals surface area contributed by atoms with Gasteiger partial charge in [-0.15, -0.1) is 0 Å². The fraction of sp³-hybridized carbons (Fsp3) is 0.917. The largest absolute Gasteiger partial charge is 0.338 e. The number of hydrogen-bond acceptors (Lipinski definition) is 2. The molecule has 2 rings (SSSR count). The fourth-order valence-electron chi connectivity index (χ4n) is 2.63. The second-order valence-electron chi connectivity index (χ2n) is 5.02. The molecule has 0 saturated carbocycles. The van der Waals surface area contributed by atoms with Gasteiger partial charge in [-0.3, -0.25) is 4.79 Å². The standard InChI is InChI=1S/C12H22N2O/c1-10-4-5-12(15)14(8-6-10)11-3-2-7-13-9-11/h10-11,13H,2-9H2,1H3. The van der Waals surface area contributed by atoms with E-state index in [2.05, 4.69) is 17.1 Å². The quantitative estimate of drug-likeness (QED) is 0.709. The van der Waals surface area contributed by atoms with Gasteiger partial charge < -0.3 is 10.2 Å². The number of carbonyl (C=O) groups excluding carboxylic acids is 1. The first-order chi connectivity index (χ1) is 7.27. The van der Waals surface area contributed by atoms with E-state index in [9.17, 15) is 4.79 Å². The first kappa shape index (κ1) is 10.9. The molecule has 0 bridgehead atoms. The van der Waals surface area contributed by atoms with Gasteiger partial charge in [0.15, 0.2) is 0 Å². The summed E-state index contributed by atoms with van der Waals surface area (Å²) in [5, 5.41) is 3.39. The number of nitrogens with zero attached hydrogens (tertiary/aromatic N) is 1. The lowest BCUT2D eigenvalue weighted by Gasteiger charge is -2.34. The molecule has 2 aliphatic heterocycles. The van der Waals surface area contributed by atoms with Gasteiger partial charge in [-0.1, -0.05) is 6.92 Å². The maximum absolute atomic E-state index is 12.0. The number of likely N-dealkylation sites (tertiary alicyclic amines) is 1. The summed E-state index contributed by atoms with van der Waals surface area (Å²) < 4.78 is 0. The van der Waals surface area contributed by atoms with Crippen molar-refractivity contribution in [3.8, 4) is 0 Å². The van der Waals surface area contributed by atoms with Crippen molar-refractivity contribution >= 4 is 5.91 Å². The average molecular weight is 210 g/mol. The van der Waals surface area contributed by atoms with Gasteiger partial charge in [0.05, 0.1) is 0 Å². The molecule has 2 unspecified atom stereocenters. The minimum absolute atomic E-state index is 0.382. The lowest BCUT2D eigenvalue weighted by atomic mass is 10.0. The van der Waals surface area contributed by atoms with E-state index < -0.39 is 0 Å². The smallest absolute Gasteiger partial charge is 0.222 e. The summed E-state index contributed by atoms with van der Waals surface area (Å²) in [5.41, 5.74) is 0. The predicted molar refractivity (Wildman–Crippen MR) is 60.6 cm³/mol. The van der Waals surface area contributed by atoms with Crippen LogP contribution in [0.1, 0.15) is 39.0 Å². The van der Waals surface area contributed by atoms with Gasteiger partial charge in [-0.05, 0) is 38.1 Å². The molecule has 2 aliphatic rings. The van der Waals surface area contributed by atoms with Gasteiger partial charge >= 0.3 is 0 Å². The zero-order chi connectivity index (χ0) is 10.7. The molecule has 0 aromatic rings. The van der Waals surface area contributed by atoms with Crippen LogP contribution in [0.3, 0.4) is 0 Å². The average Bonchev–Trinajstić information content (AvgIpc) is 2.43. The van der Waals surface area contributed by atoms with Crippen LogP contribution < -0.4 is 5.32 Å². The summed E-state index contributed by atoms with van der Waals surface area (Å²) in [6.45, 7) is 5.36. The Bertz CT molecular complexity index is 224. The maximum atomic E-state index is 12.0. The molecule has 86 valence electrons. The highest BCUT2D eigenvalue weighted by atomic mass is 16.2. The fourth-order valence-corrected chi connectivity index (χ4v) is 2.63. The van der Waals surface area contributed by atoms with E-state index in [1.807, 2.05) is 0 Å². The van der Waals surface area contributed by atoms with E-state index in [0.29, 0.717) is 11.9 Å². The summed E-state index contributed by atoms with van der Waals surface area (Å²) in [6.07, 6.45) is 5.42. The van der Waals surface area contributed by atoms with Crippen molar-refractivity contribution < 1.29 is 4.79 Å². The molecule has 2 heterocycles. The van der Waals surface area contributed by atoms with Crippen molar-refractivity contribution in [2.24, 2.45) is 5.92 Å². The van der Waals surface area contributed by atoms with E-state index in [4.69, 9.17) is 0 Å². The molecule has 2 fully saturated rings. The topological polar surface area (TPSA) is 32.3 Å². The molecule has 1 amide bonds. The Morgan fingerprint density at radius 2 is 2.20 bits per heavy atom. The third-order valence-electron chi connectivity index (χ3n) is 3.75. The monoisotopic (exact) mass is 210 g/mol. The van der Waals surface area contributed by atoms with Crippen LogP contribution in [0.4, 0.5) is 0 Å². The Morgan fingerprint density at radius 3 is 2.93 bits per heavy atom. The number of piperidine rings is 1. The summed E-state index contributed by atoms with van der Waals surface area (Å²) in [5.74, 6) is 1.10. The Hall–Kier alpha value is -0.570. The first-order valence-electron chi connectivity index (χ1n) is 6.27. The molecule has 0 aliphatic carbocycles. The minimum atomic E-state index is 0.382. The molecular formula is C12H22N2O. The zero-order valence-electron chi connectivity index (χ0n) is 9.67. The highest BCUT2D eigenvalue weighted by Crippen LogP contribution is 2.21. The van der Waals surface area contributed by atoms with Crippen LogP contribution in [-0.2, 0) is 4.79 Å². The number of amides is 1. The molecule has 0 spiro atoms. The zero-order valence-corrected chi connectivity index (χ0v) is 9.67. The van der Waals surface area contributed by atoms with Gasteiger partial charge in [0, 0.05) is 25.6 Å². The molecule has 3 heteroatoms. The number of hydrogen-bond donors (Lipinski definition) is 1. The first-order valence-corrected chi connectivity index (χ1v) is 6.27. The molecule has 0 aromatic carbocycles. The van der Waals surface area contributed by atoms with E-state index >= 15 is 0 Å². The molecule has 0 aromatic heterocycles. The van der Waals surface area contributed by atoms with E-state index in [-0.39, 0.29) is 0 Å². The Morgan fingerprint density at radius 1 is 1.33 bits per heavy atom. The number of rotatable bonds is 1. The summed E-state index contributed by atoms with van der Waals surface area (Å²) in [7, 11) is 0.